The van der Waals surface area contributed by atoms with Crippen molar-refractivity contribution in [2.75, 3.05) is 5.75 Å². The lowest BCUT2D eigenvalue weighted by Crippen LogP contribution is -2.02. The molecule has 20 heavy (non-hydrogen) atoms. The fourth-order valence-electron chi connectivity index (χ4n) is 1.81. The maximum absolute atomic E-state index is 10.7. The number of thioether (sulfide) groups is 1. The first-order valence-corrected chi connectivity index (χ1v) is 6.91. The summed E-state index contributed by atoms with van der Waals surface area (Å²) in [5.74, 6) is -0.933. The van der Waals surface area contributed by atoms with E-state index in [1.807, 2.05) is 30.7 Å². The third-order valence-electron chi connectivity index (χ3n) is 2.72. The third kappa shape index (κ3) is 3.00. The zero-order valence-electron chi connectivity index (χ0n) is 11.1. The maximum Gasteiger partial charge on any atom is 0.313 e. The van der Waals surface area contributed by atoms with Gasteiger partial charge in [0.15, 0.2) is 5.16 Å². The number of aliphatic carboxylic acids is 1. The summed E-state index contributed by atoms with van der Waals surface area (Å²) in [4.78, 5) is 15.0. The second kappa shape index (κ2) is 5.80. The summed E-state index contributed by atoms with van der Waals surface area (Å²) in [6.45, 7) is 3.79. The molecule has 0 aliphatic rings. The number of hydrogen-bond acceptors (Lipinski definition) is 4. The maximum atomic E-state index is 10.7. The number of hydrogen-bond donors (Lipinski definition) is 1. The highest BCUT2D eigenvalue weighted by Gasteiger charge is 2.12. The third-order valence-corrected chi connectivity index (χ3v) is 3.65. The van der Waals surface area contributed by atoms with E-state index in [9.17, 15) is 4.79 Å². The summed E-state index contributed by atoms with van der Waals surface area (Å²) in [7, 11) is 0. The van der Waals surface area contributed by atoms with E-state index >= 15 is 0 Å². The molecule has 0 spiro atoms. The molecule has 2 rings (SSSR count). The van der Waals surface area contributed by atoms with Gasteiger partial charge in [-0.1, -0.05) is 17.8 Å². The fourth-order valence-corrected chi connectivity index (χ4v) is 2.57. The summed E-state index contributed by atoms with van der Waals surface area (Å²) >= 11 is 1.16. The van der Waals surface area contributed by atoms with Crippen molar-refractivity contribution >= 4 is 17.7 Å². The van der Waals surface area contributed by atoms with E-state index in [2.05, 4.69) is 11.1 Å². The minimum absolute atomic E-state index is 0.0482. The highest BCUT2D eigenvalue weighted by molar-refractivity contribution is 7.99. The SMILES string of the molecule is Cc1cn(-c2cc(C#N)ccc2C)c(SCC(=O)O)n1. The molecule has 0 unspecified atom stereocenters. The normalized spacial score (nSPS) is 10.2. The average Bonchev–Trinajstić information content (AvgIpc) is 2.78. The molecule has 5 nitrogen and oxygen atoms in total. The van der Waals surface area contributed by atoms with Crippen molar-refractivity contribution in [2.24, 2.45) is 0 Å². The van der Waals surface area contributed by atoms with Crippen molar-refractivity contribution in [2.45, 2.75) is 19.0 Å². The summed E-state index contributed by atoms with van der Waals surface area (Å²) in [5.41, 5.74) is 3.21. The van der Waals surface area contributed by atoms with Crippen LogP contribution in [0.2, 0.25) is 0 Å². The van der Waals surface area contributed by atoms with Gasteiger partial charge in [-0.3, -0.25) is 9.36 Å². The van der Waals surface area contributed by atoms with Crippen LogP contribution in [0.1, 0.15) is 16.8 Å². The van der Waals surface area contributed by atoms with Crippen molar-refractivity contribution < 1.29 is 9.90 Å². The smallest absolute Gasteiger partial charge is 0.313 e. The van der Waals surface area contributed by atoms with Crippen LogP contribution in [0, 0.1) is 25.2 Å². The quantitative estimate of drug-likeness (QED) is 0.874. The van der Waals surface area contributed by atoms with E-state index in [0.717, 1.165) is 28.7 Å². The lowest BCUT2D eigenvalue weighted by atomic mass is 10.1. The predicted molar refractivity (Wildman–Crippen MR) is 76.1 cm³/mol. The van der Waals surface area contributed by atoms with E-state index < -0.39 is 5.97 Å². The van der Waals surface area contributed by atoms with Crippen LogP contribution in [-0.4, -0.2) is 26.4 Å². The summed E-state index contributed by atoms with van der Waals surface area (Å²) < 4.78 is 1.83. The number of nitrogens with zero attached hydrogens (tertiary/aromatic N) is 3. The van der Waals surface area contributed by atoms with Gasteiger partial charge in [0.05, 0.1) is 28.8 Å². The summed E-state index contributed by atoms with van der Waals surface area (Å²) in [6, 6.07) is 7.51. The second-order valence-corrected chi connectivity index (χ2v) is 5.27. The van der Waals surface area contributed by atoms with Gasteiger partial charge in [-0.15, -0.1) is 0 Å². The molecule has 0 atom stereocenters. The van der Waals surface area contributed by atoms with Crippen molar-refractivity contribution in [3.05, 3.63) is 41.2 Å². The molecule has 0 amide bonds. The number of nitriles is 1. The lowest BCUT2D eigenvalue weighted by Gasteiger charge is -2.10. The number of imidazole rings is 1. The van der Waals surface area contributed by atoms with E-state index in [-0.39, 0.29) is 5.75 Å². The Kier molecular flexibility index (Phi) is 4.11. The standard InChI is InChI=1S/C14H13N3O2S/c1-9-3-4-11(6-15)5-12(9)17-7-10(2)16-14(17)20-8-13(18)19/h3-5,7H,8H2,1-2H3,(H,18,19). The van der Waals surface area contributed by atoms with E-state index in [0.29, 0.717) is 10.7 Å². The number of carboxylic acid groups (broad SMARTS) is 1. The molecule has 0 aliphatic heterocycles. The Morgan fingerprint density at radius 1 is 1.50 bits per heavy atom. The van der Waals surface area contributed by atoms with Gasteiger partial charge < -0.3 is 5.11 Å². The first kappa shape index (κ1) is 14.2. The van der Waals surface area contributed by atoms with Crippen molar-refractivity contribution in [3.8, 4) is 11.8 Å². The fraction of sp³-hybridized carbons (Fsp3) is 0.214. The van der Waals surface area contributed by atoms with Crippen LogP contribution in [0.15, 0.2) is 29.6 Å². The molecule has 0 bridgehead atoms. The predicted octanol–water partition coefficient (Wildman–Crippen LogP) is 2.54. The Hall–Kier alpha value is -2.26. The van der Waals surface area contributed by atoms with Gasteiger partial charge in [-0.25, -0.2) is 4.98 Å². The van der Waals surface area contributed by atoms with E-state index in [1.54, 1.807) is 12.1 Å². The van der Waals surface area contributed by atoms with Crippen molar-refractivity contribution in [3.63, 3.8) is 0 Å². The molecule has 102 valence electrons. The minimum Gasteiger partial charge on any atom is -0.481 e. The summed E-state index contributed by atoms with van der Waals surface area (Å²) in [5, 5.41) is 18.4. The van der Waals surface area contributed by atoms with E-state index in [1.165, 1.54) is 0 Å². The molecule has 0 fully saturated rings. The number of aromatic nitrogens is 2. The molecular formula is C14H13N3O2S. The van der Waals surface area contributed by atoms with Gasteiger partial charge >= 0.3 is 5.97 Å². The Morgan fingerprint density at radius 2 is 2.25 bits per heavy atom. The zero-order valence-corrected chi connectivity index (χ0v) is 11.9. The number of aryl methyl sites for hydroxylation is 2. The van der Waals surface area contributed by atoms with Gasteiger partial charge in [0, 0.05) is 6.20 Å². The van der Waals surface area contributed by atoms with Crippen LogP contribution in [0.5, 0.6) is 0 Å². The Labute approximate surface area is 120 Å². The Bertz CT molecular complexity index is 701. The highest BCUT2D eigenvalue weighted by Crippen LogP contribution is 2.24. The molecule has 0 radical (unpaired) electrons. The number of benzene rings is 1. The molecule has 1 aromatic carbocycles. The molecular weight excluding hydrogens is 274 g/mol. The van der Waals surface area contributed by atoms with Crippen LogP contribution < -0.4 is 0 Å². The Balaban J connectivity index is 2.47. The number of carboxylic acids is 1. The lowest BCUT2D eigenvalue weighted by molar-refractivity contribution is -0.133. The van der Waals surface area contributed by atoms with Crippen molar-refractivity contribution in [1.82, 2.24) is 9.55 Å². The van der Waals surface area contributed by atoms with Gasteiger partial charge in [-0.2, -0.15) is 5.26 Å². The van der Waals surface area contributed by atoms with Gasteiger partial charge in [0.25, 0.3) is 0 Å². The van der Waals surface area contributed by atoms with Crippen LogP contribution in [-0.2, 0) is 4.79 Å². The topological polar surface area (TPSA) is 78.9 Å². The van der Waals surface area contributed by atoms with Gasteiger partial charge in [-0.05, 0) is 31.5 Å². The molecule has 1 aromatic heterocycles. The Morgan fingerprint density at radius 3 is 2.90 bits per heavy atom. The minimum atomic E-state index is -0.885. The molecule has 6 heteroatoms. The van der Waals surface area contributed by atoms with Crippen LogP contribution >= 0.6 is 11.8 Å². The summed E-state index contributed by atoms with van der Waals surface area (Å²) in [6.07, 6.45) is 1.84. The van der Waals surface area contributed by atoms with Crippen LogP contribution in [0.4, 0.5) is 0 Å². The first-order chi connectivity index (χ1) is 9.51. The van der Waals surface area contributed by atoms with Crippen LogP contribution in [0.25, 0.3) is 5.69 Å². The van der Waals surface area contributed by atoms with Gasteiger partial charge in [0.2, 0.25) is 0 Å². The molecule has 1 heterocycles. The second-order valence-electron chi connectivity index (χ2n) is 4.33. The largest absolute Gasteiger partial charge is 0.481 e. The zero-order chi connectivity index (χ0) is 14.7. The molecule has 0 aliphatic carbocycles. The number of carbonyl (C=O) groups is 1. The van der Waals surface area contributed by atoms with Crippen LogP contribution in [0.3, 0.4) is 0 Å². The molecule has 0 saturated heterocycles. The molecule has 1 N–H and O–H groups in total. The highest BCUT2D eigenvalue weighted by atomic mass is 32.2. The average molecular weight is 287 g/mol. The first-order valence-electron chi connectivity index (χ1n) is 5.93. The van der Waals surface area contributed by atoms with E-state index in [4.69, 9.17) is 10.4 Å². The monoisotopic (exact) mass is 287 g/mol. The van der Waals surface area contributed by atoms with Gasteiger partial charge in [0.1, 0.15) is 0 Å². The number of rotatable bonds is 4. The molecule has 0 saturated carbocycles. The van der Waals surface area contributed by atoms with Crippen molar-refractivity contribution in [1.29, 1.82) is 5.26 Å². The molecule has 2 aromatic rings.